The zero-order chi connectivity index (χ0) is 20.2. The van der Waals surface area contributed by atoms with E-state index in [1.807, 2.05) is 29.1 Å². The zero-order valence-corrected chi connectivity index (χ0v) is 15.7. The second-order valence-electron chi connectivity index (χ2n) is 6.00. The molecule has 4 aromatic rings. The van der Waals surface area contributed by atoms with Gasteiger partial charge in [0.25, 0.3) is 5.91 Å². The van der Waals surface area contributed by atoms with Gasteiger partial charge in [-0.2, -0.15) is 0 Å². The van der Waals surface area contributed by atoms with Crippen molar-refractivity contribution in [2.45, 2.75) is 0 Å². The molecule has 2 heterocycles. The van der Waals surface area contributed by atoms with E-state index in [9.17, 15) is 9.18 Å². The number of amides is 1. The van der Waals surface area contributed by atoms with Crippen LogP contribution < -0.4 is 10.1 Å². The van der Waals surface area contributed by atoms with Gasteiger partial charge in [0.2, 0.25) is 5.88 Å². The Morgan fingerprint density at radius 2 is 1.72 bits per heavy atom. The second-order valence-corrected chi connectivity index (χ2v) is 6.40. The fourth-order valence-electron chi connectivity index (χ4n) is 2.63. The summed E-state index contributed by atoms with van der Waals surface area (Å²) in [5.41, 5.74) is 0.267. The molecule has 6 nitrogen and oxygen atoms in total. The molecule has 0 saturated heterocycles. The van der Waals surface area contributed by atoms with Crippen molar-refractivity contribution in [3.05, 3.63) is 95.5 Å². The van der Waals surface area contributed by atoms with E-state index in [0.717, 1.165) is 0 Å². The quantitative estimate of drug-likeness (QED) is 0.498. The van der Waals surface area contributed by atoms with Gasteiger partial charge in [-0.25, -0.2) is 4.39 Å². The molecule has 0 saturated carbocycles. The van der Waals surface area contributed by atoms with Crippen LogP contribution in [0.25, 0.3) is 5.82 Å². The number of rotatable bonds is 5. The van der Waals surface area contributed by atoms with Crippen LogP contribution in [0.2, 0.25) is 5.02 Å². The first-order valence-electron chi connectivity index (χ1n) is 8.60. The van der Waals surface area contributed by atoms with Crippen molar-refractivity contribution in [2.24, 2.45) is 0 Å². The smallest absolute Gasteiger partial charge is 0.260 e. The predicted molar refractivity (Wildman–Crippen MR) is 107 cm³/mol. The van der Waals surface area contributed by atoms with Crippen LogP contribution in [0.4, 0.5) is 10.1 Å². The third-order valence-corrected chi connectivity index (χ3v) is 4.33. The average Bonchev–Trinajstić information content (AvgIpc) is 3.25. The van der Waals surface area contributed by atoms with Gasteiger partial charge in [-0.1, -0.05) is 17.7 Å². The van der Waals surface area contributed by atoms with Gasteiger partial charge in [0.05, 0.1) is 10.6 Å². The Morgan fingerprint density at radius 1 is 0.966 bits per heavy atom. The molecule has 0 bridgehead atoms. The van der Waals surface area contributed by atoms with Gasteiger partial charge >= 0.3 is 0 Å². The maximum absolute atomic E-state index is 13.8. The minimum Gasteiger partial charge on any atom is -0.438 e. The van der Waals surface area contributed by atoms with Crippen LogP contribution in [0.1, 0.15) is 10.4 Å². The third kappa shape index (κ3) is 4.25. The minimum atomic E-state index is -0.683. The van der Waals surface area contributed by atoms with E-state index in [1.165, 1.54) is 18.2 Å². The molecular weight excluding hydrogens is 395 g/mol. The van der Waals surface area contributed by atoms with Crippen LogP contribution in [-0.4, -0.2) is 20.7 Å². The van der Waals surface area contributed by atoms with Gasteiger partial charge in [0.15, 0.2) is 5.82 Å². The molecule has 0 aliphatic carbocycles. The Balaban J connectivity index is 1.42. The molecule has 0 unspecified atom stereocenters. The molecule has 144 valence electrons. The lowest BCUT2D eigenvalue weighted by Gasteiger charge is -2.09. The van der Waals surface area contributed by atoms with Crippen molar-refractivity contribution >= 4 is 23.2 Å². The number of halogens is 2. The molecule has 0 radical (unpaired) electrons. The van der Waals surface area contributed by atoms with Crippen molar-refractivity contribution in [1.29, 1.82) is 0 Å². The molecule has 0 spiro atoms. The van der Waals surface area contributed by atoms with Crippen LogP contribution in [0.5, 0.6) is 11.6 Å². The first-order chi connectivity index (χ1) is 14.1. The summed E-state index contributed by atoms with van der Waals surface area (Å²) in [6, 6.07) is 17.9. The van der Waals surface area contributed by atoms with Gasteiger partial charge in [0, 0.05) is 24.1 Å². The van der Waals surface area contributed by atoms with Crippen molar-refractivity contribution in [1.82, 2.24) is 14.8 Å². The molecule has 0 atom stereocenters. The summed E-state index contributed by atoms with van der Waals surface area (Å²) in [6.07, 6.45) is 3.73. The summed E-state index contributed by atoms with van der Waals surface area (Å²) in [5.74, 6) is 0.197. The summed E-state index contributed by atoms with van der Waals surface area (Å²) in [4.78, 5) is 12.3. The first kappa shape index (κ1) is 18.6. The van der Waals surface area contributed by atoms with Gasteiger partial charge in [0.1, 0.15) is 11.6 Å². The molecule has 8 heteroatoms. The number of carbonyl (C=O) groups is 1. The van der Waals surface area contributed by atoms with Crippen LogP contribution in [0.15, 0.2) is 79.1 Å². The van der Waals surface area contributed by atoms with Gasteiger partial charge < -0.3 is 14.6 Å². The molecule has 1 N–H and O–H groups in total. The lowest BCUT2D eigenvalue weighted by Crippen LogP contribution is -2.14. The standard InChI is InChI=1S/C21H14ClFN4O2/c22-16-4-3-5-17(23)20(16)21(28)24-14-6-8-15(9-7-14)29-19-11-10-18(25-26-19)27-12-1-2-13-27/h1-13H,(H,24,28). The molecule has 0 fully saturated rings. The number of nitrogens with one attached hydrogen (secondary N) is 1. The Bertz CT molecular complexity index is 1110. The Labute approximate surface area is 170 Å². The number of hydrogen-bond acceptors (Lipinski definition) is 4. The fourth-order valence-corrected chi connectivity index (χ4v) is 2.88. The van der Waals surface area contributed by atoms with Crippen LogP contribution in [0.3, 0.4) is 0 Å². The first-order valence-corrected chi connectivity index (χ1v) is 8.98. The fraction of sp³-hybridized carbons (Fsp3) is 0. The number of aromatic nitrogens is 3. The molecule has 2 aromatic heterocycles. The topological polar surface area (TPSA) is 69.0 Å². The van der Waals surface area contributed by atoms with Crippen LogP contribution in [-0.2, 0) is 0 Å². The maximum Gasteiger partial charge on any atom is 0.260 e. The maximum atomic E-state index is 13.8. The summed E-state index contributed by atoms with van der Waals surface area (Å²) < 4.78 is 21.3. The Hall–Kier alpha value is -3.71. The van der Waals surface area contributed by atoms with Gasteiger partial charge in [-0.05, 0) is 54.6 Å². The second kappa shape index (κ2) is 8.12. The van der Waals surface area contributed by atoms with Crippen molar-refractivity contribution in [3.63, 3.8) is 0 Å². The van der Waals surface area contributed by atoms with E-state index < -0.39 is 11.7 Å². The van der Waals surface area contributed by atoms with Crippen LogP contribution >= 0.6 is 11.6 Å². The van der Waals surface area contributed by atoms with Gasteiger partial charge in [-0.3, -0.25) is 4.79 Å². The molecule has 1 amide bonds. The van der Waals surface area contributed by atoms with Crippen LogP contribution in [0, 0.1) is 5.82 Å². The van der Waals surface area contributed by atoms with E-state index in [2.05, 4.69) is 15.5 Å². The molecule has 0 aliphatic rings. The molecule has 29 heavy (non-hydrogen) atoms. The highest BCUT2D eigenvalue weighted by Gasteiger charge is 2.15. The lowest BCUT2D eigenvalue weighted by molar-refractivity contribution is 0.102. The normalized spacial score (nSPS) is 10.6. The number of nitrogens with zero attached hydrogens (tertiary/aromatic N) is 3. The van der Waals surface area contributed by atoms with Crippen molar-refractivity contribution in [3.8, 4) is 17.4 Å². The Morgan fingerprint density at radius 3 is 2.38 bits per heavy atom. The Kier molecular flexibility index (Phi) is 5.22. The largest absolute Gasteiger partial charge is 0.438 e. The number of ether oxygens (including phenoxy) is 1. The number of benzene rings is 2. The predicted octanol–water partition coefficient (Wildman–Crippen LogP) is 5.10. The summed E-state index contributed by atoms with van der Waals surface area (Å²) in [6.45, 7) is 0. The summed E-state index contributed by atoms with van der Waals surface area (Å²) >= 11 is 5.91. The monoisotopic (exact) mass is 408 g/mol. The zero-order valence-electron chi connectivity index (χ0n) is 14.9. The van der Waals surface area contributed by atoms with Gasteiger partial charge in [-0.15, -0.1) is 10.2 Å². The number of carbonyl (C=O) groups excluding carboxylic acids is 1. The van der Waals surface area contributed by atoms with E-state index in [0.29, 0.717) is 23.1 Å². The third-order valence-electron chi connectivity index (χ3n) is 4.02. The average molecular weight is 409 g/mol. The molecule has 4 rings (SSSR count). The molecular formula is C21H14ClFN4O2. The highest BCUT2D eigenvalue weighted by Crippen LogP contribution is 2.24. The molecule has 2 aromatic carbocycles. The van der Waals surface area contributed by atoms with E-state index in [-0.39, 0.29) is 10.6 Å². The summed E-state index contributed by atoms with van der Waals surface area (Å²) in [7, 11) is 0. The number of anilines is 1. The highest BCUT2D eigenvalue weighted by molar-refractivity contribution is 6.34. The van der Waals surface area contributed by atoms with E-state index in [1.54, 1.807) is 36.4 Å². The summed E-state index contributed by atoms with van der Waals surface area (Å²) in [5, 5.41) is 10.8. The van der Waals surface area contributed by atoms with E-state index in [4.69, 9.17) is 16.3 Å². The lowest BCUT2D eigenvalue weighted by atomic mass is 10.2. The minimum absolute atomic E-state index is 0.0457. The SMILES string of the molecule is O=C(Nc1ccc(Oc2ccc(-n3cccc3)nn2)cc1)c1c(F)cccc1Cl. The van der Waals surface area contributed by atoms with E-state index >= 15 is 0 Å². The van der Waals surface area contributed by atoms with Crippen molar-refractivity contribution < 1.29 is 13.9 Å². The number of hydrogen-bond donors (Lipinski definition) is 1. The molecule has 0 aliphatic heterocycles. The van der Waals surface area contributed by atoms with Crippen molar-refractivity contribution in [2.75, 3.05) is 5.32 Å². The highest BCUT2D eigenvalue weighted by atomic mass is 35.5.